The lowest BCUT2D eigenvalue weighted by Crippen LogP contribution is -3.15. The van der Waals surface area contributed by atoms with E-state index in [1.807, 2.05) is 13.8 Å². The van der Waals surface area contributed by atoms with Crippen LogP contribution in [0.2, 0.25) is 0 Å². The molecule has 0 aromatic rings. The van der Waals surface area contributed by atoms with E-state index in [1.54, 1.807) is 0 Å². The number of esters is 1. The summed E-state index contributed by atoms with van der Waals surface area (Å²) in [4.78, 5) is 12.4. The van der Waals surface area contributed by atoms with Gasteiger partial charge < -0.3 is 14.2 Å². The van der Waals surface area contributed by atoms with Crippen molar-refractivity contribution in [2.45, 2.75) is 52.5 Å². The highest BCUT2D eigenvalue weighted by Crippen LogP contribution is 2.02. The van der Waals surface area contributed by atoms with E-state index in [2.05, 4.69) is 13.5 Å². The summed E-state index contributed by atoms with van der Waals surface area (Å²) in [7, 11) is -4.16. The molecule has 3 atom stereocenters. The van der Waals surface area contributed by atoms with E-state index in [9.17, 15) is 17.8 Å². The molecule has 0 rings (SSSR count). The third-order valence-corrected chi connectivity index (χ3v) is 4.72. The highest BCUT2D eigenvalue weighted by Gasteiger charge is 2.19. The van der Waals surface area contributed by atoms with Gasteiger partial charge in [0.2, 0.25) is 0 Å². The van der Waals surface area contributed by atoms with Crippen molar-refractivity contribution in [1.29, 1.82) is 0 Å². The molecule has 0 radical (unpaired) electrons. The number of unbranched alkanes of at least 4 members (excludes halogenated alkanes) is 1. The molecule has 0 heterocycles. The Morgan fingerprint density at radius 1 is 1.30 bits per heavy atom. The zero-order chi connectivity index (χ0) is 17.9. The first-order chi connectivity index (χ1) is 10.7. The first kappa shape index (κ1) is 22.1. The normalized spacial score (nSPS) is 15.7. The van der Waals surface area contributed by atoms with Crippen molar-refractivity contribution in [2.24, 2.45) is 5.92 Å². The fourth-order valence-corrected chi connectivity index (χ4v) is 2.99. The van der Waals surface area contributed by atoms with Crippen molar-refractivity contribution in [3.05, 3.63) is 12.7 Å². The molecule has 0 aromatic carbocycles. The molecular formula is C16H31NO5S. The van der Waals surface area contributed by atoms with Crippen LogP contribution in [0.5, 0.6) is 0 Å². The van der Waals surface area contributed by atoms with Crippen molar-refractivity contribution >= 4 is 16.1 Å². The van der Waals surface area contributed by atoms with Crippen molar-refractivity contribution in [1.82, 2.24) is 0 Å². The SMILES string of the molecule is C=CC(=O)OCC(C)CC[NH+](CCCC)C(C)CCS(=O)(=O)[O-]. The number of nitrogens with one attached hydrogen (secondary N) is 1. The second kappa shape index (κ2) is 11.6. The molecule has 3 unspecified atom stereocenters. The third kappa shape index (κ3) is 12.2. The lowest BCUT2D eigenvalue weighted by atomic mass is 10.1. The molecule has 0 spiro atoms. The highest BCUT2D eigenvalue weighted by molar-refractivity contribution is 7.85. The Morgan fingerprint density at radius 3 is 2.48 bits per heavy atom. The summed E-state index contributed by atoms with van der Waals surface area (Å²) in [6.07, 6.45) is 4.53. The standard InChI is InChI=1S/C16H31NO5S/c1-5-7-10-17(15(4)9-12-23(19,20)21)11-8-14(3)13-22-16(18)6-2/h6,14-15H,2,5,7-13H2,1,3-4H3,(H,19,20,21). The van der Waals surface area contributed by atoms with E-state index >= 15 is 0 Å². The summed E-state index contributed by atoms with van der Waals surface area (Å²) in [5, 5.41) is 0. The van der Waals surface area contributed by atoms with Crippen molar-refractivity contribution < 1.29 is 27.4 Å². The van der Waals surface area contributed by atoms with E-state index in [-0.39, 0.29) is 17.7 Å². The quantitative estimate of drug-likeness (QED) is 0.301. The van der Waals surface area contributed by atoms with Crippen LogP contribution in [0.4, 0.5) is 0 Å². The largest absolute Gasteiger partial charge is 0.748 e. The first-order valence-electron chi connectivity index (χ1n) is 8.26. The monoisotopic (exact) mass is 349 g/mol. The van der Waals surface area contributed by atoms with E-state index < -0.39 is 16.1 Å². The molecule has 1 N–H and O–H groups in total. The third-order valence-electron chi connectivity index (χ3n) is 3.98. The van der Waals surface area contributed by atoms with Crippen LogP contribution < -0.4 is 4.90 Å². The summed E-state index contributed by atoms with van der Waals surface area (Å²) in [6, 6.07) is 0.119. The zero-order valence-corrected chi connectivity index (χ0v) is 15.4. The lowest BCUT2D eigenvalue weighted by molar-refractivity contribution is -0.924. The molecule has 6 nitrogen and oxygen atoms in total. The van der Waals surface area contributed by atoms with Crippen LogP contribution >= 0.6 is 0 Å². The predicted molar refractivity (Wildman–Crippen MR) is 89.2 cm³/mol. The molecule has 0 bridgehead atoms. The van der Waals surface area contributed by atoms with Gasteiger partial charge >= 0.3 is 5.97 Å². The van der Waals surface area contributed by atoms with Gasteiger partial charge in [0.1, 0.15) is 0 Å². The average Bonchev–Trinajstić information content (AvgIpc) is 2.49. The molecule has 0 aliphatic heterocycles. The van der Waals surface area contributed by atoms with Crippen molar-refractivity contribution in [3.63, 3.8) is 0 Å². The minimum absolute atomic E-state index is 0.119. The minimum atomic E-state index is -4.16. The molecular weight excluding hydrogens is 318 g/mol. The van der Waals surface area contributed by atoms with E-state index in [0.717, 1.165) is 38.4 Å². The van der Waals surface area contributed by atoms with E-state index in [4.69, 9.17) is 4.74 Å². The number of rotatable bonds is 13. The maximum Gasteiger partial charge on any atom is 0.330 e. The predicted octanol–water partition coefficient (Wildman–Crippen LogP) is 0.751. The fraction of sp³-hybridized carbons (Fsp3) is 0.812. The Morgan fingerprint density at radius 2 is 1.96 bits per heavy atom. The second-order valence-electron chi connectivity index (χ2n) is 6.19. The number of carbonyl (C=O) groups excluding carboxylic acids is 1. The van der Waals surface area contributed by atoms with Gasteiger partial charge in [0, 0.05) is 24.7 Å². The van der Waals surface area contributed by atoms with Crippen LogP contribution in [0, 0.1) is 5.92 Å². The molecule has 0 fully saturated rings. The summed E-state index contributed by atoms with van der Waals surface area (Å²) in [5.41, 5.74) is 0. The molecule has 0 aliphatic carbocycles. The summed E-state index contributed by atoms with van der Waals surface area (Å²) < 4.78 is 37.4. The van der Waals surface area contributed by atoms with Crippen LogP contribution in [0.3, 0.4) is 0 Å². The van der Waals surface area contributed by atoms with Crippen LogP contribution in [0.25, 0.3) is 0 Å². The van der Waals surface area contributed by atoms with Gasteiger partial charge in [-0.3, -0.25) is 0 Å². The fourth-order valence-electron chi connectivity index (χ4n) is 2.35. The Balaban J connectivity index is 4.36. The Labute approximate surface area is 140 Å². The summed E-state index contributed by atoms with van der Waals surface area (Å²) in [5.74, 6) is -0.497. The maximum atomic E-state index is 11.1. The maximum absolute atomic E-state index is 11.1. The van der Waals surface area contributed by atoms with Crippen LogP contribution in [-0.4, -0.2) is 50.4 Å². The van der Waals surface area contributed by atoms with Crippen molar-refractivity contribution in [3.8, 4) is 0 Å². The second-order valence-corrected chi connectivity index (χ2v) is 7.71. The average molecular weight is 349 g/mol. The van der Waals surface area contributed by atoms with Gasteiger partial charge in [0.05, 0.1) is 35.9 Å². The van der Waals surface area contributed by atoms with Crippen LogP contribution in [0.1, 0.15) is 46.5 Å². The van der Waals surface area contributed by atoms with Gasteiger partial charge in [-0.05, 0) is 19.3 Å². The molecule has 0 aromatic heterocycles. The van der Waals surface area contributed by atoms with Gasteiger partial charge in [-0.15, -0.1) is 0 Å². The molecule has 0 saturated carbocycles. The van der Waals surface area contributed by atoms with E-state index in [0.29, 0.717) is 13.0 Å². The number of hydrogen-bond acceptors (Lipinski definition) is 5. The number of carbonyl (C=O) groups is 1. The Hall–Kier alpha value is -0.920. The van der Waals surface area contributed by atoms with Gasteiger partial charge in [-0.25, -0.2) is 13.2 Å². The molecule has 23 heavy (non-hydrogen) atoms. The highest BCUT2D eigenvalue weighted by atomic mass is 32.2. The van der Waals surface area contributed by atoms with Gasteiger partial charge in [0.15, 0.2) is 0 Å². The molecule has 136 valence electrons. The minimum Gasteiger partial charge on any atom is -0.748 e. The Kier molecular flexibility index (Phi) is 11.1. The Bertz CT molecular complexity index is 449. The van der Waals surface area contributed by atoms with Crippen molar-refractivity contribution in [2.75, 3.05) is 25.4 Å². The van der Waals surface area contributed by atoms with E-state index in [1.165, 1.54) is 4.90 Å². The molecule has 0 amide bonds. The van der Waals surface area contributed by atoms with Gasteiger partial charge in [0.25, 0.3) is 0 Å². The topological polar surface area (TPSA) is 87.9 Å². The summed E-state index contributed by atoms with van der Waals surface area (Å²) >= 11 is 0. The summed E-state index contributed by atoms with van der Waals surface area (Å²) in [6.45, 7) is 11.6. The van der Waals surface area contributed by atoms with Crippen LogP contribution in [-0.2, 0) is 19.6 Å². The number of hydrogen-bond donors (Lipinski definition) is 1. The lowest BCUT2D eigenvalue weighted by Gasteiger charge is -2.27. The van der Waals surface area contributed by atoms with Gasteiger partial charge in [-0.1, -0.05) is 26.8 Å². The number of quaternary nitrogens is 1. The zero-order valence-electron chi connectivity index (χ0n) is 14.5. The smallest absolute Gasteiger partial charge is 0.330 e. The van der Waals surface area contributed by atoms with Gasteiger partial charge in [-0.2, -0.15) is 0 Å². The van der Waals surface area contributed by atoms with Crippen LogP contribution in [0.15, 0.2) is 12.7 Å². The first-order valence-corrected chi connectivity index (χ1v) is 9.84. The number of ether oxygens (including phenoxy) is 1. The molecule has 0 aliphatic rings. The molecule has 7 heteroatoms. The molecule has 0 saturated heterocycles.